The maximum Gasteiger partial charge on any atom is 0.0541 e. The first kappa shape index (κ1) is 28.5. The SMILES string of the molecule is c1ccc(-n2c3ccccc3c3cc(-c4ccc5c(c4)c4ccccc4n5-c4ccc5c(c4)sc4c5ccc5c6ccccc6sc54)ccc32)cc1. The van der Waals surface area contributed by atoms with E-state index in [1.807, 2.05) is 22.7 Å². The van der Waals surface area contributed by atoms with E-state index in [-0.39, 0.29) is 0 Å². The van der Waals surface area contributed by atoms with Crippen molar-refractivity contribution < 1.29 is 0 Å². The molecule has 0 bridgehead atoms. The molecule has 4 aromatic heterocycles. The fraction of sp³-hybridized carbons (Fsp3) is 0. The molecule has 52 heavy (non-hydrogen) atoms. The van der Waals surface area contributed by atoms with Gasteiger partial charge in [-0.15, -0.1) is 22.7 Å². The van der Waals surface area contributed by atoms with Crippen molar-refractivity contribution >= 4 is 107 Å². The fourth-order valence-corrected chi connectivity index (χ4v) is 11.2. The lowest BCUT2D eigenvalue weighted by Crippen LogP contribution is -1.93. The molecule has 0 amide bonds. The van der Waals surface area contributed by atoms with Gasteiger partial charge in [-0.3, -0.25) is 0 Å². The van der Waals surface area contributed by atoms with Crippen LogP contribution in [0.4, 0.5) is 0 Å². The van der Waals surface area contributed by atoms with E-state index >= 15 is 0 Å². The van der Waals surface area contributed by atoms with Crippen molar-refractivity contribution in [1.82, 2.24) is 9.13 Å². The molecule has 4 heterocycles. The summed E-state index contributed by atoms with van der Waals surface area (Å²) in [5, 5.41) is 10.5. The van der Waals surface area contributed by atoms with E-state index in [2.05, 4.69) is 179 Å². The number of para-hydroxylation sites is 3. The van der Waals surface area contributed by atoms with Gasteiger partial charge in [0.05, 0.1) is 31.5 Å². The van der Waals surface area contributed by atoms with Gasteiger partial charge in [0.2, 0.25) is 0 Å². The summed E-state index contributed by atoms with van der Waals surface area (Å²) in [5.74, 6) is 0. The van der Waals surface area contributed by atoms with Crippen molar-refractivity contribution in [3.05, 3.63) is 170 Å². The largest absolute Gasteiger partial charge is 0.309 e. The van der Waals surface area contributed by atoms with Gasteiger partial charge in [0.25, 0.3) is 0 Å². The van der Waals surface area contributed by atoms with Gasteiger partial charge in [-0.2, -0.15) is 0 Å². The number of rotatable bonds is 3. The Morgan fingerprint density at radius 2 is 0.769 bits per heavy atom. The normalized spacial score (nSPS) is 12.2. The smallest absolute Gasteiger partial charge is 0.0541 e. The molecule has 4 heteroatoms. The Balaban J connectivity index is 1.03. The number of fused-ring (bicyclic) bond motifs is 13. The van der Waals surface area contributed by atoms with E-state index in [0.29, 0.717) is 0 Å². The molecule has 0 unspecified atom stereocenters. The molecule has 0 fully saturated rings. The second-order valence-corrected chi connectivity index (χ2v) is 15.8. The topological polar surface area (TPSA) is 9.86 Å². The van der Waals surface area contributed by atoms with Crippen LogP contribution in [0.3, 0.4) is 0 Å². The van der Waals surface area contributed by atoms with Gasteiger partial charge in [-0.1, -0.05) is 103 Å². The molecular weight excluding hydrogens is 669 g/mol. The molecule has 8 aromatic carbocycles. The van der Waals surface area contributed by atoms with Gasteiger partial charge >= 0.3 is 0 Å². The van der Waals surface area contributed by atoms with Gasteiger partial charge in [-0.05, 0) is 77.9 Å². The monoisotopic (exact) mass is 696 g/mol. The number of thiophene rings is 2. The van der Waals surface area contributed by atoms with E-state index in [1.54, 1.807) is 0 Å². The third-order valence-corrected chi connectivity index (χ3v) is 13.4. The highest BCUT2D eigenvalue weighted by Crippen LogP contribution is 2.45. The maximum atomic E-state index is 2.45. The van der Waals surface area contributed by atoms with E-state index < -0.39 is 0 Å². The summed E-state index contributed by atoms with van der Waals surface area (Å²) in [4.78, 5) is 0. The number of hydrogen-bond acceptors (Lipinski definition) is 2. The Kier molecular flexibility index (Phi) is 5.84. The average molecular weight is 697 g/mol. The zero-order chi connectivity index (χ0) is 33.9. The van der Waals surface area contributed by atoms with Crippen molar-refractivity contribution in [2.45, 2.75) is 0 Å². The molecular formula is C48H28N2S2. The van der Waals surface area contributed by atoms with Crippen LogP contribution in [0.5, 0.6) is 0 Å². The van der Waals surface area contributed by atoms with Gasteiger partial charge < -0.3 is 9.13 Å². The molecule has 0 aliphatic carbocycles. The molecule has 0 saturated heterocycles. The molecule has 12 aromatic rings. The van der Waals surface area contributed by atoms with E-state index in [9.17, 15) is 0 Å². The zero-order valence-electron chi connectivity index (χ0n) is 27.9. The minimum atomic E-state index is 1.18. The van der Waals surface area contributed by atoms with Crippen LogP contribution in [0.25, 0.3) is 106 Å². The standard InChI is InChI=1S/C48H28N2S2/c1-2-10-31(11-3-1)49-41-15-7-4-12-33(41)39-26-29(18-24-43(39)49)30-19-25-44-40(27-30)34-13-5-8-16-42(34)50(44)32-20-21-36-38-23-22-37-35-14-6-9-17-45(35)51-47(37)48(38)52-46(36)28-32/h1-28H. The van der Waals surface area contributed by atoms with E-state index in [4.69, 9.17) is 0 Å². The molecule has 12 rings (SSSR count). The Morgan fingerprint density at radius 1 is 0.288 bits per heavy atom. The van der Waals surface area contributed by atoms with E-state index in [1.165, 1.54) is 106 Å². The van der Waals surface area contributed by atoms with Gasteiger partial charge in [-0.25, -0.2) is 0 Å². The zero-order valence-corrected chi connectivity index (χ0v) is 29.5. The Morgan fingerprint density at radius 3 is 1.42 bits per heavy atom. The van der Waals surface area contributed by atoms with Crippen LogP contribution in [-0.4, -0.2) is 9.13 Å². The summed E-state index contributed by atoms with van der Waals surface area (Å²) < 4.78 is 10.3. The molecule has 0 saturated carbocycles. The lowest BCUT2D eigenvalue weighted by atomic mass is 10.0. The molecule has 0 spiro atoms. The predicted octanol–water partition coefficient (Wildman–Crippen LogP) is 14.3. The summed E-state index contributed by atoms with van der Waals surface area (Å²) in [5.41, 5.74) is 9.71. The van der Waals surface area contributed by atoms with Crippen LogP contribution < -0.4 is 0 Å². The van der Waals surface area contributed by atoms with Crippen molar-refractivity contribution in [2.75, 3.05) is 0 Å². The minimum Gasteiger partial charge on any atom is -0.309 e. The molecule has 0 aliphatic rings. The first-order chi connectivity index (χ1) is 25.8. The number of aromatic nitrogens is 2. The molecule has 0 aliphatic heterocycles. The van der Waals surface area contributed by atoms with Crippen molar-refractivity contribution in [3.63, 3.8) is 0 Å². The Hall–Kier alpha value is -6.20. The van der Waals surface area contributed by atoms with E-state index in [0.717, 1.165) is 0 Å². The highest BCUT2D eigenvalue weighted by molar-refractivity contribution is 7.33. The molecule has 0 atom stereocenters. The van der Waals surface area contributed by atoms with Crippen LogP contribution in [0.1, 0.15) is 0 Å². The predicted molar refractivity (Wildman–Crippen MR) is 226 cm³/mol. The first-order valence-corrected chi connectivity index (χ1v) is 19.3. The minimum absolute atomic E-state index is 1.18. The average Bonchev–Trinajstić information content (AvgIpc) is 3.95. The number of benzene rings is 8. The van der Waals surface area contributed by atoms with Gasteiger partial charge in [0.15, 0.2) is 0 Å². The molecule has 2 nitrogen and oxygen atoms in total. The third kappa shape index (κ3) is 3.93. The van der Waals surface area contributed by atoms with Crippen molar-refractivity contribution in [2.24, 2.45) is 0 Å². The van der Waals surface area contributed by atoms with Crippen LogP contribution >= 0.6 is 22.7 Å². The second kappa shape index (κ2) is 10.7. The Labute approximate surface area is 306 Å². The van der Waals surface area contributed by atoms with Crippen molar-refractivity contribution in [1.29, 1.82) is 0 Å². The quantitative estimate of drug-likeness (QED) is 0.174. The van der Waals surface area contributed by atoms with Gasteiger partial charge in [0, 0.05) is 63.9 Å². The summed E-state index contributed by atoms with van der Waals surface area (Å²) in [6, 6.07) is 62.7. The molecule has 0 radical (unpaired) electrons. The lowest BCUT2D eigenvalue weighted by molar-refractivity contribution is 1.18. The van der Waals surface area contributed by atoms with Crippen LogP contribution in [0.15, 0.2) is 170 Å². The second-order valence-electron chi connectivity index (χ2n) is 13.7. The lowest BCUT2D eigenvalue weighted by Gasteiger charge is -2.09. The highest BCUT2D eigenvalue weighted by Gasteiger charge is 2.18. The fourth-order valence-electron chi connectivity index (χ4n) is 8.58. The summed E-state index contributed by atoms with van der Waals surface area (Å²) in [6.45, 7) is 0. The summed E-state index contributed by atoms with van der Waals surface area (Å²) >= 11 is 3.84. The van der Waals surface area contributed by atoms with Crippen LogP contribution in [0, 0.1) is 0 Å². The molecule has 242 valence electrons. The number of hydrogen-bond donors (Lipinski definition) is 0. The highest BCUT2D eigenvalue weighted by atomic mass is 32.1. The van der Waals surface area contributed by atoms with Crippen molar-refractivity contribution in [3.8, 4) is 22.5 Å². The van der Waals surface area contributed by atoms with Gasteiger partial charge in [0.1, 0.15) is 0 Å². The molecule has 0 N–H and O–H groups in total. The summed E-state index contributed by atoms with van der Waals surface area (Å²) in [7, 11) is 0. The third-order valence-electron chi connectivity index (χ3n) is 10.9. The summed E-state index contributed by atoms with van der Waals surface area (Å²) in [6.07, 6.45) is 0. The Bertz CT molecular complexity index is 3410. The first-order valence-electron chi connectivity index (χ1n) is 17.7. The number of nitrogens with zero attached hydrogens (tertiary/aromatic N) is 2. The van der Waals surface area contributed by atoms with Crippen LogP contribution in [-0.2, 0) is 0 Å². The maximum absolute atomic E-state index is 2.45. The van der Waals surface area contributed by atoms with Crippen LogP contribution in [0.2, 0.25) is 0 Å².